The second-order valence-corrected chi connectivity index (χ2v) is 4.37. The Morgan fingerprint density at radius 3 is 2.10 bits per heavy atom. The van der Waals surface area contributed by atoms with Crippen LogP contribution in [0.4, 0.5) is 0 Å². The van der Waals surface area contributed by atoms with Gasteiger partial charge in [0.25, 0.3) is 0 Å². The van der Waals surface area contributed by atoms with Crippen molar-refractivity contribution in [3.05, 3.63) is 0 Å². The lowest BCUT2D eigenvalue weighted by atomic mass is 9.61. The second kappa shape index (κ2) is 2.12. The lowest BCUT2D eigenvalue weighted by Crippen LogP contribution is -2.41. The predicted octanol–water partition coefficient (Wildman–Crippen LogP) is 1.95. The molecule has 0 bridgehead atoms. The Morgan fingerprint density at radius 1 is 1.30 bits per heavy atom. The first-order chi connectivity index (χ1) is 4.18. The topological polar surface area (TPSA) is 26.0 Å². The average molecular weight is 162 g/mol. The van der Waals surface area contributed by atoms with Crippen LogP contribution in [-0.2, 0) is 0 Å². The molecule has 10 heavy (non-hydrogen) atoms. The molecule has 0 aromatic heterocycles. The zero-order chi connectivity index (χ0) is 6.54. The molecule has 2 aliphatic carbocycles. The Balaban J connectivity index is 0.000000500. The molecule has 2 fully saturated rings. The molecule has 2 N–H and O–H groups in total. The highest BCUT2D eigenvalue weighted by molar-refractivity contribution is 5.85. The van der Waals surface area contributed by atoms with Crippen LogP contribution in [-0.4, -0.2) is 6.54 Å². The first-order valence-corrected chi connectivity index (χ1v) is 3.88. The highest BCUT2D eigenvalue weighted by Crippen LogP contribution is 2.67. The summed E-state index contributed by atoms with van der Waals surface area (Å²) >= 11 is 0. The Labute approximate surface area is 68.8 Å². The third kappa shape index (κ3) is 1.06. The second-order valence-electron chi connectivity index (χ2n) is 4.37. The van der Waals surface area contributed by atoms with Crippen molar-refractivity contribution in [1.82, 2.24) is 0 Å². The standard InChI is InChI=1S/C8H15N.ClH/c1-7(6-9)4-8(5-7)2-3-8;/h2-6,9H2,1H3;1H. The van der Waals surface area contributed by atoms with Gasteiger partial charge in [-0.15, -0.1) is 12.4 Å². The molecule has 2 rings (SSSR count). The van der Waals surface area contributed by atoms with Crippen LogP contribution in [0, 0.1) is 10.8 Å². The summed E-state index contributed by atoms with van der Waals surface area (Å²) in [6.07, 6.45) is 5.80. The molecular formula is C8H16ClN. The van der Waals surface area contributed by atoms with Gasteiger partial charge >= 0.3 is 0 Å². The van der Waals surface area contributed by atoms with Gasteiger partial charge in [0.05, 0.1) is 0 Å². The Bertz CT molecular complexity index is 132. The summed E-state index contributed by atoms with van der Waals surface area (Å²) < 4.78 is 0. The third-order valence-electron chi connectivity index (χ3n) is 3.05. The van der Waals surface area contributed by atoms with E-state index in [9.17, 15) is 0 Å². The summed E-state index contributed by atoms with van der Waals surface area (Å²) in [7, 11) is 0. The molecule has 0 saturated heterocycles. The number of halogens is 1. The van der Waals surface area contributed by atoms with Gasteiger partial charge in [-0.05, 0) is 43.1 Å². The summed E-state index contributed by atoms with van der Waals surface area (Å²) in [6.45, 7) is 3.21. The van der Waals surface area contributed by atoms with E-state index in [-0.39, 0.29) is 12.4 Å². The number of hydrogen-bond donors (Lipinski definition) is 1. The monoisotopic (exact) mass is 161 g/mol. The normalized spacial score (nSPS) is 30.6. The van der Waals surface area contributed by atoms with Crippen LogP contribution in [0.25, 0.3) is 0 Å². The summed E-state index contributed by atoms with van der Waals surface area (Å²) in [5.74, 6) is 0. The van der Waals surface area contributed by atoms with Crippen molar-refractivity contribution in [2.45, 2.75) is 32.6 Å². The summed E-state index contributed by atoms with van der Waals surface area (Å²) in [5, 5.41) is 0. The minimum absolute atomic E-state index is 0. The van der Waals surface area contributed by atoms with Gasteiger partial charge in [-0.3, -0.25) is 0 Å². The van der Waals surface area contributed by atoms with Gasteiger partial charge in [-0.1, -0.05) is 6.92 Å². The zero-order valence-corrected chi connectivity index (χ0v) is 7.34. The third-order valence-corrected chi connectivity index (χ3v) is 3.05. The van der Waals surface area contributed by atoms with E-state index >= 15 is 0 Å². The number of nitrogens with two attached hydrogens (primary N) is 1. The van der Waals surface area contributed by atoms with Crippen molar-refractivity contribution in [3.63, 3.8) is 0 Å². The van der Waals surface area contributed by atoms with Crippen LogP contribution < -0.4 is 5.73 Å². The van der Waals surface area contributed by atoms with Crippen LogP contribution in [0.5, 0.6) is 0 Å². The van der Waals surface area contributed by atoms with Crippen molar-refractivity contribution in [2.75, 3.05) is 6.54 Å². The molecule has 60 valence electrons. The van der Waals surface area contributed by atoms with E-state index < -0.39 is 0 Å². The van der Waals surface area contributed by atoms with Gasteiger partial charge in [-0.2, -0.15) is 0 Å². The average Bonchev–Trinajstić information content (AvgIpc) is 2.46. The Morgan fingerprint density at radius 2 is 1.80 bits per heavy atom. The van der Waals surface area contributed by atoms with E-state index in [2.05, 4.69) is 6.92 Å². The molecule has 0 radical (unpaired) electrons. The molecule has 2 saturated carbocycles. The van der Waals surface area contributed by atoms with E-state index in [0.29, 0.717) is 5.41 Å². The van der Waals surface area contributed by atoms with Crippen LogP contribution in [0.3, 0.4) is 0 Å². The highest BCUT2D eigenvalue weighted by atomic mass is 35.5. The van der Waals surface area contributed by atoms with Gasteiger partial charge in [0.2, 0.25) is 0 Å². The lowest BCUT2D eigenvalue weighted by Gasteiger charge is -2.45. The molecule has 0 amide bonds. The molecule has 0 heterocycles. The Kier molecular flexibility index (Phi) is 1.77. The molecule has 1 nitrogen and oxygen atoms in total. The Hall–Kier alpha value is 0.250. The van der Waals surface area contributed by atoms with Gasteiger partial charge in [0.15, 0.2) is 0 Å². The molecule has 1 spiro atoms. The fourth-order valence-electron chi connectivity index (χ4n) is 2.43. The van der Waals surface area contributed by atoms with Crippen LogP contribution in [0.1, 0.15) is 32.6 Å². The van der Waals surface area contributed by atoms with E-state index in [1.54, 1.807) is 0 Å². The molecular weight excluding hydrogens is 146 g/mol. The van der Waals surface area contributed by atoms with Crippen LogP contribution in [0.15, 0.2) is 0 Å². The van der Waals surface area contributed by atoms with Crippen molar-refractivity contribution in [2.24, 2.45) is 16.6 Å². The quantitative estimate of drug-likeness (QED) is 0.625. The highest BCUT2D eigenvalue weighted by Gasteiger charge is 2.57. The first-order valence-electron chi connectivity index (χ1n) is 3.88. The fraction of sp³-hybridized carbons (Fsp3) is 1.00. The van der Waals surface area contributed by atoms with Gasteiger partial charge in [0.1, 0.15) is 0 Å². The van der Waals surface area contributed by atoms with E-state index in [4.69, 9.17) is 5.73 Å². The summed E-state index contributed by atoms with van der Waals surface area (Å²) in [6, 6.07) is 0. The SMILES string of the molecule is CC1(CN)CC2(CC2)C1.Cl. The minimum atomic E-state index is 0. The van der Waals surface area contributed by atoms with E-state index in [1.807, 2.05) is 0 Å². The smallest absolute Gasteiger partial charge is 0.00228 e. The maximum atomic E-state index is 5.62. The lowest BCUT2D eigenvalue weighted by molar-refractivity contribution is 0.0645. The van der Waals surface area contributed by atoms with Gasteiger partial charge in [0, 0.05) is 0 Å². The van der Waals surface area contributed by atoms with Crippen molar-refractivity contribution in [1.29, 1.82) is 0 Å². The van der Waals surface area contributed by atoms with Crippen LogP contribution >= 0.6 is 12.4 Å². The first kappa shape index (κ1) is 8.35. The molecule has 0 atom stereocenters. The largest absolute Gasteiger partial charge is 0.330 e. The van der Waals surface area contributed by atoms with Crippen molar-refractivity contribution >= 4 is 12.4 Å². The molecule has 0 aromatic rings. The van der Waals surface area contributed by atoms with Crippen molar-refractivity contribution in [3.8, 4) is 0 Å². The number of hydrogen-bond acceptors (Lipinski definition) is 1. The molecule has 2 aliphatic rings. The van der Waals surface area contributed by atoms with Crippen molar-refractivity contribution < 1.29 is 0 Å². The minimum Gasteiger partial charge on any atom is -0.330 e. The molecule has 0 aliphatic heterocycles. The summed E-state index contributed by atoms with van der Waals surface area (Å²) in [5.41, 5.74) is 6.98. The van der Waals surface area contributed by atoms with Gasteiger partial charge in [-0.25, -0.2) is 0 Å². The van der Waals surface area contributed by atoms with Gasteiger partial charge < -0.3 is 5.73 Å². The van der Waals surface area contributed by atoms with E-state index in [1.165, 1.54) is 25.7 Å². The molecule has 2 heteroatoms. The maximum Gasteiger partial charge on any atom is -0.00228 e. The summed E-state index contributed by atoms with van der Waals surface area (Å²) in [4.78, 5) is 0. The van der Waals surface area contributed by atoms with Crippen LogP contribution in [0.2, 0.25) is 0 Å². The zero-order valence-electron chi connectivity index (χ0n) is 6.52. The predicted molar refractivity (Wildman–Crippen MR) is 45.3 cm³/mol. The molecule has 0 unspecified atom stereocenters. The molecule has 0 aromatic carbocycles. The number of rotatable bonds is 1. The van der Waals surface area contributed by atoms with E-state index in [0.717, 1.165) is 12.0 Å². The fourth-order valence-corrected chi connectivity index (χ4v) is 2.43. The maximum absolute atomic E-state index is 5.62.